The van der Waals surface area contributed by atoms with Crippen LogP contribution in [0.1, 0.15) is 37.8 Å². The third-order valence-corrected chi connectivity index (χ3v) is 3.62. The van der Waals surface area contributed by atoms with Crippen LogP contribution < -0.4 is 10.1 Å². The van der Waals surface area contributed by atoms with E-state index in [1.807, 2.05) is 0 Å². The fourth-order valence-electron chi connectivity index (χ4n) is 1.91. The molecule has 2 heteroatoms. The number of hydrogen-bond donors (Lipinski definition) is 1. The third-order valence-electron chi connectivity index (χ3n) is 3.62. The lowest BCUT2D eigenvalue weighted by atomic mass is 9.94. The van der Waals surface area contributed by atoms with Gasteiger partial charge in [-0.25, -0.2) is 0 Å². The molecule has 0 atom stereocenters. The van der Waals surface area contributed by atoms with E-state index >= 15 is 0 Å². The van der Waals surface area contributed by atoms with Gasteiger partial charge in [0, 0.05) is 18.0 Å². The SMILES string of the molecule is Cc1cccc(OCC(C)(C)CNC2CC2)c1C. The second kappa shape index (κ2) is 5.31. The molecule has 0 spiro atoms. The molecule has 0 aliphatic heterocycles. The van der Waals surface area contributed by atoms with Gasteiger partial charge in [-0.1, -0.05) is 26.0 Å². The van der Waals surface area contributed by atoms with E-state index in [-0.39, 0.29) is 5.41 Å². The van der Waals surface area contributed by atoms with Crippen LogP contribution in [0, 0.1) is 19.3 Å². The van der Waals surface area contributed by atoms with Crippen molar-refractivity contribution < 1.29 is 4.74 Å². The monoisotopic (exact) mass is 247 g/mol. The summed E-state index contributed by atoms with van der Waals surface area (Å²) in [6.45, 7) is 10.6. The number of ether oxygens (including phenoxy) is 1. The lowest BCUT2D eigenvalue weighted by Crippen LogP contribution is -2.35. The molecule has 0 aromatic heterocycles. The van der Waals surface area contributed by atoms with Crippen molar-refractivity contribution in [3.63, 3.8) is 0 Å². The highest BCUT2D eigenvalue weighted by atomic mass is 16.5. The van der Waals surface area contributed by atoms with E-state index in [0.717, 1.165) is 24.9 Å². The van der Waals surface area contributed by atoms with Crippen LogP contribution in [-0.4, -0.2) is 19.2 Å². The average Bonchev–Trinajstić information content (AvgIpc) is 3.13. The Morgan fingerprint density at radius 2 is 2.00 bits per heavy atom. The van der Waals surface area contributed by atoms with E-state index in [4.69, 9.17) is 4.74 Å². The molecule has 0 amide bonds. The van der Waals surface area contributed by atoms with Crippen LogP contribution in [0.4, 0.5) is 0 Å². The zero-order chi connectivity index (χ0) is 13.2. The second-order valence-corrected chi connectivity index (χ2v) is 6.31. The fourth-order valence-corrected chi connectivity index (χ4v) is 1.91. The van der Waals surface area contributed by atoms with Gasteiger partial charge in [0.05, 0.1) is 6.61 Å². The summed E-state index contributed by atoms with van der Waals surface area (Å²) in [5.41, 5.74) is 2.73. The number of nitrogens with one attached hydrogen (secondary N) is 1. The van der Waals surface area contributed by atoms with Crippen LogP contribution in [0.15, 0.2) is 18.2 Å². The van der Waals surface area contributed by atoms with Gasteiger partial charge in [0.25, 0.3) is 0 Å². The maximum Gasteiger partial charge on any atom is 0.122 e. The summed E-state index contributed by atoms with van der Waals surface area (Å²) in [7, 11) is 0. The first-order valence-corrected chi connectivity index (χ1v) is 6.90. The van der Waals surface area contributed by atoms with Gasteiger partial charge in [0.1, 0.15) is 5.75 Å². The normalized spacial score (nSPS) is 15.8. The van der Waals surface area contributed by atoms with Crippen molar-refractivity contribution in [2.24, 2.45) is 5.41 Å². The van der Waals surface area contributed by atoms with Crippen LogP contribution in [0.25, 0.3) is 0 Å². The predicted molar refractivity (Wildman–Crippen MR) is 76.2 cm³/mol. The maximum absolute atomic E-state index is 6.00. The van der Waals surface area contributed by atoms with Gasteiger partial charge in [-0.3, -0.25) is 0 Å². The van der Waals surface area contributed by atoms with E-state index < -0.39 is 0 Å². The number of hydrogen-bond acceptors (Lipinski definition) is 2. The number of rotatable bonds is 6. The minimum atomic E-state index is 0.179. The summed E-state index contributed by atoms with van der Waals surface area (Å²) < 4.78 is 6.00. The molecule has 100 valence electrons. The molecule has 1 aromatic rings. The Hall–Kier alpha value is -1.02. The van der Waals surface area contributed by atoms with Crippen molar-refractivity contribution in [2.45, 2.75) is 46.6 Å². The van der Waals surface area contributed by atoms with Gasteiger partial charge >= 0.3 is 0 Å². The van der Waals surface area contributed by atoms with Crippen LogP contribution in [0.2, 0.25) is 0 Å². The molecule has 1 aromatic carbocycles. The minimum absolute atomic E-state index is 0.179. The summed E-state index contributed by atoms with van der Waals surface area (Å²) >= 11 is 0. The molecule has 0 radical (unpaired) electrons. The van der Waals surface area contributed by atoms with Gasteiger partial charge in [0.15, 0.2) is 0 Å². The van der Waals surface area contributed by atoms with Gasteiger partial charge in [0.2, 0.25) is 0 Å². The predicted octanol–water partition coefficient (Wildman–Crippen LogP) is 3.46. The number of benzene rings is 1. The quantitative estimate of drug-likeness (QED) is 0.831. The van der Waals surface area contributed by atoms with Crippen molar-refractivity contribution in [3.8, 4) is 5.75 Å². The van der Waals surface area contributed by atoms with E-state index in [1.165, 1.54) is 24.0 Å². The van der Waals surface area contributed by atoms with Crippen LogP contribution >= 0.6 is 0 Å². The molecule has 0 unspecified atom stereocenters. The highest BCUT2D eigenvalue weighted by Gasteiger charge is 2.25. The Labute approximate surface area is 111 Å². The van der Waals surface area contributed by atoms with E-state index in [2.05, 4.69) is 51.2 Å². The van der Waals surface area contributed by atoms with Gasteiger partial charge < -0.3 is 10.1 Å². The molecule has 0 bridgehead atoms. The molecule has 2 rings (SSSR count). The molecule has 0 saturated heterocycles. The average molecular weight is 247 g/mol. The fraction of sp³-hybridized carbons (Fsp3) is 0.625. The molecule has 1 fully saturated rings. The topological polar surface area (TPSA) is 21.3 Å². The third kappa shape index (κ3) is 3.74. The summed E-state index contributed by atoms with van der Waals surface area (Å²) in [5, 5.41) is 3.58. The zero-order valence-electron chi connectivity index (χ0n) is 12.0. The molecule has 1 aliphatic rings. The van der Waals surface area contributed by atoms with Gasteiger partial charge in [-0.05, 0) is 43.9 Å². The lowest BCUT2D eigenvalue weighted by molar-refractivity contribution is 0.175. The Morgan fingerprint density at radius 1 is 1.28 bits per heavy atom. The highest BCUT2D eigenvalue weighted by molar-refractivity contribution is 5.38. The molecule has 2 nitrogen and oxygen atoms in total. The first-order chi connectivity index (χ1) is 8.48. The van der Waals surface area contributed by atoms with Crippen molar-refractivity contribution >= 4 is 0 Å². The van der Waals surface area contributed by atoms with Crippen molar-refractivity contribution in [3.05, 3.63) is 29.3 Å². The molecule has 18 heavy (non-hydrogen) atoms. The summed E-state index contributed by atoms with van der Waals surface area (Å²) in [4.78, 5) is 0. The highest BCUT2D eigenvalue weighted by Crippen LogP contribution is 2.25. The zero-order valence-corrected chi connectivity index (χ0v) is 12.0. The lowest BCUT2D eigenvalue weighted by Gasteiger charge is -2.26. The standard InChI is InChI=1S/C16H25NO/c1-12-6-5-7-15(13(12)2)18-11-16(3,4)10-17-14-8-9-14/h5-7,14,17H,8-11H2,1-4H3. The van der Waals surface area contributed by atoms with E-state index in [9.17, 15) is 0 Å². The maximum atomic E-state index is 6.00. The van der Waals surface area contributed by atoms with Crippen molar-refractivity contribution in [1.29, 1.82) is 0 Å². The first kappa shape index (κ1) is 13.4. The molecule has 1 aliphatic carbocycles. The first-order valence-electron chi connectivity index (χ1n) is 6.90. The number of aryl methyl sites for hydroxylation is 1. The molecular formula is C16H25NO. The summed E-state index contributed by atoms with van der Waals surface area (Å²) in [6, 6.07) is 7.02. The largest absolute Gasteiger partial charge is 0.493 e. The Morgan fingerprint density at radius 3 is 2.67 bits per heavy atom. The summed E-state index contributed by atoms with van der Waals surface area (Å²) in [5.74, 6) is 1.02. The van der Waals surface area contributed by atoms with Crippen LogP contribution in [0.3, 0.4) is 0 Å². The molecule has 1 saturated carbocycles. The van der Waals surface area contributed by atoms with Gasteiger partial charge in [-0.15, -0.1) is 0 Å². The molecular weight excluding hydrogens is 222 g/mol. The van der Waals surface area contributed by atoms with E-state index in [0.29, 0.717) is 0 Å². The molecule has 0 heterocycles. The van der Waals surface area contributed by atoms with E-state index in [1.54, 1.807) is 0 Å². The molecule has 1 N–H and O–H groups in total. The van der Waals surface area contributed by atoms with Gasteiger partial charge in [-0.2, -0.15) is 0 Å². The van der Waals surface area contributed by atoms with Crippen LogP contribution in [0.5, 0.6) is 5.75 Å². The van der Waals surface area contributed by atoms with Crippen molar-refractivity contribution in [1.82, 2.24) is 5.32 Å². The van der Waals surface area contributed by atoms with Crippen molar-refractivity contribution in [2.75, 3.05) is 13.2 Å². The Bertz CT molecular complexity index is 408. The minimum Gasteiger partial charge on any atom is -0.493 e. The Balaban J connectivity index is 1.86. The smallest absolute Gasteiger partial charge is 0.122 e. The second-order valence-electron chi connectivity index (χ2n) is 6.31. The Kier molecular flexibility index (Phi) is 3.96. The van der Waals surface area contributed by atoms with Crippen LogP contribution in [-0.2, 0) is 0 Å². The summed E-state index contributed by atoms with van der Waals surface area (Å²) in [6.07, 6.45) is 2.68.